The predicted octanol–water partition coefficient (Wildman–Crippen LogP) is 3.33. The highest BCUT2D eigenvalue weighted by atomic mass is 19.1. The van der Waals surface area contributed by atoms with E-state index in [0.717, 1.165) is 11.1 Å². The summed E-state index contributed by atoms with van der Waals surface area (Å²) >= 11 is 0. The molecule has 2 N–H and O–H groups in total. The molecule has 0 fully saturated rings. The Hall–Kier alpha value is -1.48. The zero-order valence-corrected chi connectivity index (χ0v) is 10.6. The van der Waals surface area contributed by atoms with Gasteiger partial charge in [-0.05, 0) is 31.9 Å². The number of halogens is 1. The van der Waals surface area contributed by atoms with Gasteiger partial charge in [0.15, 0.2) is 0 Å². The van der Waals surface area contributed by atoms with E-state index in [-0.39, 0.29) is 0 Å². The van der Waals surface area contributed by atoms with E-state index in [2.05, 4.69) is 11.6 Å². The van der Waals surface area contributed by atoms with Gasteiger partial charge in [-0.2, -0.15) is 0 Å². The van der Waals surface area contributed by atoms with Gasteiger partial charge in [0, 0.05) is 6.54 Å². The molecule has 2 nitrogen and oxygen atoms in total. The zero-order chi connectivity index (χ0) is 13.1. The van der Waals surface area contributed by atoms with Crippen molar-refractivity contribution >= 4 is 11.4 Å². The number of nitrogens with two attached hydrogens (primary N) is 1. The van der Waals surface area contributed by atoms with Crippen LogP contribution in [0.3, 0.4) is 0 Å². The Morgan fingerprint density at radius 3 is 2.29 bits per heavy atom. The molecule has 0 heterocycles. The van der Waals surface area contributed by atoms with E-state index >= 15 is 0 Å². The van der Waals surface area contributed by atoms with Crippen LogP contribution in [0.25, 0.3) is 5.70 Å². The van der Waals surface area contributed by atoms with Crippen LogP contribution in [0.15, 0.2) is 35.8 Å². The predicted molar refractivity (Wildman–Crippen MR) is 71.7 cm³/mol. The van der Waals surface area contributed by atoms with Crippen LogP contribution in [0.2, 0.25) is 0 Å². The summed E-state index contributed by atoms with van der Waals surface area (Å²) in [5.41, 5.74) is 7.02. The fourth-order valence-corrected chi connectivity index (χ4v) is 1.23. The molecule has 0 bridgehead atoms. The summed E-state index contributed by atoms with van der Waals surface area (Å²) < 4.78 is 13.6. The molecule has 17 heavy (non-hydrogen) atoms. The number of alkyl halides is 1. The summed E-state index contributed by atoms with van der Waals surface area (Å²) in [7, 11) is 0. The van der Waals surface area contributed by atoms with Crippen molar-refractivity contribution in [2.75, 3.05) is 0 Å². The molecule has 1 aromatic rings. The highest BCUT2D eigenvalue weighted by Gasteiger charge is 2.19. The third kappa shape index (κ3) is 3.79. The van der Waals surface area contributed by atoms with Crippen molar-refractivity contribution in [3.63, 3.8) is 0 Å². The second kappa shape index (κ2) is 5.23. The molecule has 0 aromatic heterocycles. The Labute approximate surface area is 102 Å². The Morgan fingerprint density at radius 1 is 1.35 bits per heavy atom. The van der Waals surface area contributed by atoms with Gasteiger partial charge in [-0.1, -0.05) is 30.8 Å². The summed E-state index contributed by atoms with van der Waals surface area (Å²) in [4.78, 5) is 4.19. The minimum absolute atomic E-state index is 0.422. The molecule has 1 rings (SSSR count). The zero-order valence-electron chi connectivity index (χ0n) is 10.6. The van der Waals surface area contributed by atoms with Gasteiger partial charge in [-0.25, -0.2) is 4.39 Å². The van der Waals surface area contributed by atoms with Gasteiger partial charge in [0.25, 0.3) is 0 Å². The molecule has 0 saturated heterocycles. The van der Waals surface area contributed by atoms with Gasteiger partial charge >= 0.3 is 0 Å². The van der Waals surface area contributed by atoms with Crippen molar-refractivity contribution in [1.29, 1.82) is 0 Å². The first-order chi connectivity index (χ1) is 7.84. The lowest BCUT2D eigenvalue weighted by molar-refractivity contribution is 0.312. The fraction of sp³-hybridized carbons (Fsp3) is 0.357. The van der Waals surface area contributed by atoms with Crippen molar-refractivity contribution in [3.8, 4) is 0 Å². The molecule has 0 aliphatic rings. The maximum Gasteiger partial charge on any atom is 0.143 e. The minimum Gasteiger partial charge on any atom is -0.326 e. The van der Waals surface area contributed by atoms with Crippen molar-refractivity contribution < 1.29 is 4.39 Å². The van der Waals surface area contributed by atoms with Gasteiger partial charge in [0.05, 0.1) is 11.4 Å². The lowest BCUT2D eigenvalue weighted by Crippen LogP contribution is -2.22. The SMILES string of the molecule is C=C(N=C(C)C(C)(C)F)c1ccc(CN)cc1. The maximum absolute atomic E-state index is 13.6. The van der Waals surface area contributed by atoms with Crippen molar-refractivity contribution in [2.24, 2.45) is 10.7 Å². The topological polar surface area (TPSA) is 38.4 Å². The van der Waals surface area contributed by atoms with E-state index in [1.165, 1.54) is 13.8 Å². The summed E-state index contributed by atoms with van der Waals surface area (Å²) in [6.45, 7) is 8.99. The molecular formula is C14H19FN2. The summed E-state index contributed by atoms with van der Waals surface area (Å²) in [6.07, 6.45) is 0. The monoisotopic (exact) mass is 234 g/mol. The van der Waals surface area contributed by atoms with Crippen LogP contribution in [0.5, 0.6) is 0 Å². The first kappa shape index (κ1) is 13.6. The van der Waals surface area contributed by atoms with Crippen LogP contribution in [0.1, 0.15) is 31.9 Å². The molecule has 3 heteroatoms. The van der Waals surface area contributed by atoms with E-state index < -0.39 is 5.67 Å². The quantitative estimate of drug-likeness (QED) is 0.797. The molecule has 0 aliphatic heterocycles. The Morgan fingerprint density at radius 2 is 1.88 bits per heavy atom. The van der Waals surface area contributed by atoms with Gasteiger partial charge < -0.3 is 5.73 Å². The largest absolute Gasteiger partial charge is 0.326 e. The van der Waals surface area contributed by atoms with E-state index in [4.69, 9.17) is 5.73 Å². The number of hydrogen-bond acceptors (Lipinski definition) is 2. The minimum atomic E-state index is -1.42. The van der Waals surface area contributed by atoms with E-state index in [0.29, 0.717) is 18.0 Å². The molecule has 0 amide bonds. The molecule has 0 aliphatic carbocycles. The second-order valence-corrected chi connectivity index (χ2v) is 4.52. The summed E-state index contributed by atoms with van der Waals surface area (Å²) in [5.74, 6) is 0. The third-order valence-electron chi connectivity index (χ3n) is 2.69. The maximum atomic E-state index is 13.6. The van der Waals surface area contributed by atoms with Crippen LogP contribution in [0, 0.1) is 0 Å². The molecule has 0 unspecified atom stereocenters. The molecule has 0 saturated carbocycles. The van der Waals surface area contributed by atoms with Crippen LogP contribution >= 0.6 is 0 Å². The summed E-state index contributed by atoms with van der Waals surface area (Å²) in [5, 5.41) is 0. The van der Waals surface area contributed by atoms with Gasteiger partial charge in [-0.3, -0.25) is 4.99 Å². The highest BCUT2D eigenvalue weighted by Crippen LogP contribution is 2.18. The molecule has 0 atom stereocenters. The first-order valence-electron chi connectivity index (χ1n) is 5.57. The van der Waals surface area contributed by atoms with Crippen molar-refractivity contribution in [2.45, 2.75) is 33.0 Å². The van der Waals surface area contributed by atoms with Crippen molar-refractivity contribution in [3.05, 3.63) is 42.0 Å². The van der Waals surface area contributed by atoms with Crippen LogP contribution in [-0.2, 0) is 6.54 Å². The van der Waals surface area contributed by atoms with Gasteiger partial charge in [-0.15, -0.1) is 0 Å². The number of nitrogens with zero attached hydrogens (tertiary/aromatic N) is 1. The fourth-order valence-electron chi connectivity index (χ4n) is 1.23. The lowest BCUT2D eigenvalue weighted by Gasteiger charge is -2.14. The Kier molecular flexibility index (Phi) is 4.18. The standard InChI is InChI=1S/C14H19FN2/c1-10(17-11(2)14(3,4)15)13-7-5-12(9-16)6-8-13/h5-8H,1,9,16H2,2-4H3. The van der Waals surface area contributed by atoms with Crippen molar-refractivity contribution in [1.82, 2.24) is 0 Å². The molecule has 1 aromatic carbocycles. The highest BCUT2D eigenvalue weighted by molar-refractivity contribution is 5.93. The second-order valence-electron chi connectivity index (χ2n) is 4.52. The Balaban J connectivity index is 2.90. The van der Waals surface area contributed by atoms with E-state index in [1.54, 1.807) is 6.92 Å². The normalized spacial score (nSPS) is 12.6. The number of aliphatic imine (C=N–C) groups is 1. The average molecular weight is 234 g/mol. The summed E-state index contributed by atoms with van der Waals surface area (Å²) in [6, 6.07) is 7.64. The van der Waals surface area contributed by atoms with Crippen LogP contribution < -0.4 is 5.73 Å². The lowest BCUT2D eigenvalue weighted by atomic mass is 10.1. The van der Waals surface area contributed by atoms with Gasteiger partial charge in [0.2, 0.25) is 0 Å². The van der Waals surface area contributed by atoms with Gasteiger partial charge in [0.1, 0.15) is 5.67 Å². The number of rotatable bonds is 4. The molecule has 0 radical (unpaired) electrons. The average Bonchev–Trinajstić information content (AvgIpc) is 2.27. The van der Waals surface area contributed by atoms with Crippen LogP contribution in [0.4, 0.5) is 4.39 Å². The third-order valence-corrected chi connectivity index (χ3v) is 2.69. The molecule has 0 spiro atoms. The van der Waals surface area contributed by atoms with E-state index in [9.17, 15) is 4.39 Å². The van der Waals surface area contributed by atoms with E-state index in [1.807, 2.05) is 24.3 Å². The molecule has 92 valence electrons. The Bertz CT molecular complexity index is 425. The number of hydrogen-bond donors (Lipinski definition) is 1. The number of benzene rings is 1. The first-order valence-corrected chi connectivity index (χ1v) is 5.57. The molecular weight excluding hydrogens is 215 g/mol. The van der Waals surface area contributed by atoms with Crippen LogP contribution in [-0.4, -0.2) is 11.4 Å². The smallest absolute Gasteiger partial charge is 0.143 e.